The van der Waals surface area contributed by atoms with E-state index < -0.39 is 10.1 Å². The maximum Gasteiger partial charge on any atom is 0.288 e. The standard InChI is InChI=1S/C20H17ClN2O3S2/c1-2-13-28(24,25)26-23-16-9-3-4-10-17(16)27-18-11-5-7-14(20(18)23)15-8-6-12-19(21)22-15/h3-12H,2,13H2,1H3. The van der Waals surface area contributed by atoms with Crippen LogP contribution in [0.1, 0.15) is 13.3 Å². The van der Waals surface area contributed by atoms with Gasteiger partial charge in [-0.1, -0.05) is 60.6 Å². The number of hydrogen-bond acceptors (Lipinski definition) is 6. The van der Waals surface area contributed by atoms with Crippen LogP contribution in [0.3, 0.4) is 0 Å². The lowest BCUT2D eigenvalue weighted by Crippen LogP contribution is -2.27. The molecule has 0 N–H and O–H groups in total. The van der Waals surface area contributed by atoms with Crippen molar-refractivity contribution in [2.24, 2.45) is 0 Å². The molecule has 144 valence electrons. The lowest BCUT2D eigenvalue weighted by molar-refractivity contribution is 0.319. The van der Waals surface area contributed by atoms with Crippen LogP contribution >= 0.6 is 23.4 Å². The number of rotatable bonds is 5. The second-order valence-electron chi connectivity index (χ2n) is 6.20. The Kier molecular flexibility index (Phi) is 5.33. The number of hydrogen-bond donors (Lipinski definition) is 0. The zero-order chi connectivity index (χ0) is 19.7. The van der Waals surface area contributed by atoms with Gasteiger partial charge in [-0.05, 0) is 36.8 Å². The van der Waals surface area contributed by atoms with Gasteiger partial charge >= 0.3 is 0 Å². The molecule has 0 aliphatic carbocycles. The van der Waals surface area contributed by atoms with E-state index in [2.05, 4.69) is 4.98 Å². The Morgan fingerprint density at radius 2 is 1.79 bits per heavy atom. The summed E-state index contributed by atoms with van der Waals surface area (Å²) in [5.74, 6) is -0.0638. The van der Waals surface area contributed by atoms with Gasteiger partial charge in [0.25, 0.3) is 10.1 Å². The average Bonchev–Trinajstić information content (AvgIpc) is 2.67. The molecule has 0 unspecified atom stereocenters. The first-order valence-corrected chi connectivity index (χ1v) is 11.5. The van der Waals surface area contributed by atoms with Gasteiger partial charge in [0.15, 0.2) is 0 Å². The zero-order valence-electron chi connectivity index (χ0n) is 15.0. The molecule has 8 heteroatoms. The summed E-state index contributed by atoms with van der Waals surface area (Å²) in [6.07, 6.45) is 0.469. The van der Waals surface area contributed by atoms with Crippen LogP contribution in [0.5, 0.6) is 0 Å². The minimum atomic E-state index is -3.75. The van der Waals surface area contributed by atoms with Crippen molar-refractivity contribution in [3.8, 4) is 11.3 Å². The first-order chi connectivity index (χ1) is 13.5. The summed E-state index contributed by atoms with van der Waals surface area (Å²) in [6, 6.07) is 18.6. The molecule has 2 aromatic carbocycles. The van der Waals surface area contributed by atoms with Crippen LogP contribution < -0.4 is 5.06 Å². The highest BCUT2D eigenvalue weighted by molar-refractivity contribution is 7.99. The van der Waals surface area contributed by atoms with E-state index in [-0.39, 0.29) is 5.75 Å². The first-order valence-electron chi connectivity index (χ1n) is 8.74. The minimum Gasteiger partial charge on any atom is -0.236 e. The summed E-state index contributed by atoms with van der Waals surface area (Å²) in [5.41, 5.74) is 2.70. The van der Waals surface area contributed by atoms with Gasteiger partial charge in [-0.2, -0.15) is 8.42 Å². The number of nitrogens with zero attached hydrogens (tertiary/aromatic N) is 2. The molecule has 0 amide bonds. The molecule has 0 saturated heterocycles. The van der Waals surface area contributed by atoms with Gasteiger partial charge < -0.3 is 0 Å². The van der Waals surface area contributed by atoms with Crippen molar-refractivity contribution >= 4 is 44.9 Å². The quantitative estimate of drug-likeness (QED) is 0.483. The fraction of sp³-hybridized carbons (Fsp3) is 0.150. The van der Waals surface area contributed by atoms with Gasteiger partial charge in [-0.3, -0.25) is 0 Å². The Balaban J connectivity index is 1.92. The van der Waals surface area contributed by atoms with E-state index in [1.54, 1.807) is 24.8 Å². The molecule has 1 aliphatic rings. The summed E-state index contributed by atoms with van der Waals surface area (Å²) >= 11 is 7.65. The molecule has 4 rings (SSSR count). The second kappa shape index (κ2) is 7.75. The Labute approximate surface area is 173 Å². The molecule has 1 aliphatic heterocycles. The van der Waals surface area contributed by atoms with Crippen LogP contribution in [0, 0.1) is 0 Å². The van der Waals surface area contributed by atoms with Crippen LogP contribution in [-0.4, -0.2) is 19.2 Å². The van der Waals surface area contributed by atoms with E-state index in [1.165, 1.54) is 5.06 Å². The van der Waals surface area contributed by atoms with Gasteiger partial charge in [-0.15, -0.1) is 4.28 Å². The number of aromatic nitrogens is 1. The Hall–Kier alpha value is -2.06. The van der Waals surface area contributed by atoms with Crippen LogP contribution in [0.25, 0.3) is 11.3 Å². The lowest BCUT2D eigenvalue weighted by atomic mass is 10.1. The van der Waals surface area contributed by atoms with E-state index in [9.17, 15) is 8.42 Å². The Bertz CT molecular complexity index is 1140. The van der Waals surface area contributed by atoms with Crippen molar-refractivity contribution in [2.75, 3.05) is 10.8 Å². The van der Waals surface area contributed by atoms with Crippen molar-refractivity contribution in [1.82, 2.24) is 4.98 Å². The molecule has 0 radical (unpaired) electrons. The van der Waals surface area contributed by atoms with Crippen LogP contribution in [0.2, 0.25) is 5.15 Å². The molecule has 5 nitrogen and oxygen atoms in total. The maximum atomic E-state index is 12.5. The molecule has 0 saturated carbocycles. The molecule has 2 heterocycles. The summed E-state index contributed by atoms with van der Waals surface area (Å²) in [7, 11) is -3.75. The Morgan fingerprint density at radius 1 is 1.04 bits per heavy atom. The third-order valence-corrected chi connectivity index (χ3v) is 6.75. The summed E-state index contributed by atoms with van der Waals surface area (Å²) < 4.78 is 30.6. The number of halogens is 1. The third kappa shape index (κ3) is 3.75. The highest BCUT2D eigenvalue weighted by Gasteiger charge is 2.31. The van der Waals surface area contributed by atoms with Crippen molar-refractivity contribution in [1.29, 1.82) is 0 Å². The minimum absolute atomic E-state index is 0.0638. The molecule has 3 aromatic rings. The highest BCUT2D eigenvalue weighted by atomic mass is 35.5. The molecular formula is C20H17ClN2O3S2. The van der Waals surface area contributed by atoms with Crippen LogP contribution in [0.15, 0.2) is 70.5 Å². The van der Waals surface area contributed by atoms with Crippen LogP contribution in [0.4, 0.5) is 11.4 Å². The lowest BCUT2D eigenvalue weighted by Gasteiger charge is -2.32. The number of fused-ring (bicyclic) bond motifs is 2. The van der Waals surface area contributed by atoms with E-state index in [4.69, 9.17) is 15.9 Å². The zero-order valence-corrected chi connectivity index (χ0v) is 17.4. The van der Waals surface area contributed by atoms with Gasteiger partial charge in [0.1, 0.15) is 5.15 Å². The predicted octanol–water partition coefficient (Wildman–Crippen LogP) is 5.68. The smallest absolute Gasteiger partial charge is 0.236 e. The van der Waals surface area contributed by atoms with Crippen molar-refractivity contribution in [3.63, 3.8) is 0 Å². The average molecular weight is 433 g/mol. The molecule has 1 aromatic heterocycles. The SMILES string of the molecule is CCCS(=O)(=O)ON1c2ccccc2Sc2cccc(-c3cccc(Cl)n3)c21. The van der Waals surface area contributed by atoms with Crippen molar-refractivity contribution < 1.29 is 12.7 Å². The summed E-state index contributed by atoms with van der Waals surface area (Å²) in [6.45, 7) is 1.80. The number of pyridine rings is 1. The fourth-order valence-corrected chi connectivity index (χ4v) is 5.20. The predicted molar refractivity (Wildman–Crippen MR) is 113 cm³/mol. The van der Waals surface area contributed by atoms with E-state index in [0.29, 0.717) is 28.6 Å². The molecule has 0 spiro atoms. The normalized spacial score (nSPS) is 13.1. The van der Waals surface area contributed by atoms with Gasteiger partial charge in [0, 0.05) is 15.4 Å². The number of para-hydroxylation sites is 2. The highest BCUT2D eigenvalue weighted by Crippen LogP contribution is 2.51. The first kappa shape index (κ1) is 19.3. The van der Waals surface area contributed by atoms with Crippen molar-refractivity contribution in [3.05, 3.63) is 65.8 Å². The Morgan fingerprint density at radius 3 is 2.57 bits per heavy atom. The van der Waals surface area contributed by atoms with Gasteiger partial charge in [0.2, 0.25) is 0 Å². The van der Waals surface area contributed by atoms with E-state index in [1.807, 2.05) is 54.6 Å². The number of benzene rings is 2. The van der Waals surface area contributed by atoms with E-state index >= 15 is 0 Å². The topological polar surface area (TPSA) is 59.5 Å². The molecule has 0 fully saturated rings. The molecule has 0 atom stereocenters. The second-order valence-corrected chi connectivity index (χ2v) is 9.34. The largest absolute Gasteiger partial charge is 0.288 e. The van der Waals surface area contributed by atoms with Crippen LogP contribution in [-0.2, 0) is 14.4 Å². The van der Waals surface area contributed by atoms with Gasteiger partial charge in [-0.25, -0.2) is 10.0 Å². The molecule has 0 bridgehead atoms. The van der Waals surface area contributed by atoms with Crippen molar-refractivity contribution in [2.45, 2.75) is 23.1 Å². The summed E-state index contributed by atoms with van der Waals surface area (Å²) in [5, 5.41) is 1.77. The molecular weight excluding hydrogens is 416 g/mol. The van der Waals surface area contributed by atoms with E-state index in [0.717, 1.165) is 15.4 Å². The maximum absolute atomic E-state index is 12.5. The summed E-state index contributed by atoms with van der Waals surface area (Å²) in [4.78, 5) is 6.19. The van der Waals surface area contributed by atoms with Gasteiger partial charge in [0.05, 0.1) is 22.8 Å². The number of anilines is 2. The monoisotopic (exact) mass is 432 g/mol. The fourth-order valence-electron chi connectivity index (χ4n) is 3.01. The molecule has 28 heavy (non-hydrogen) atoms. The third-order valence-electron chi connectivity index (χ3n) is 4.14.